The predicted octanol–water partition coefficient (Wildman–Crippen LogP) is 4.12. The van der Waals surface area contributed by atoms with Gasteiger partial charge in [-0.1, -0.05) is 18.2 Å². The minimum atomic E-state index is -4.44. The lowest BCUT2D eigenvalue weighted by molar-refractivity contribution is -0.137. The summed E-state index contributed by atoms with van der Waals surface area (Å²) in [6.07, 6.45) is -2.70. The first kappa shape index (κ1) is 24.2. The summed E-state index contributed by atoms with van der Waals surface area (Å²) in [7, 11) is -0.808. The Morgan fingerprint density at radius 2 is 1.78 bits per heavy atom. The van der Waals surface area contributed by atoms with Gasteiger partial charge in [-0.05, 0) is 55.7 Å². The smallest absolute Gasteiger partial charge is 0.325 e. The van der Waals surface area contributed by atoms with Crippen LogP contribution in [0.3, 0.4) is 0 Å². The lowest BCUT2D eigenvalue weighted by Crippen LogP contribution is -2.37. The third-order valence-corrected chi connectivity index (χ3v) is 7.24. The zero-order chi connectivity index (χ0) is 23.7. The maximum atomic E-state index is 13.1. The molecule has 0 saturated heterocycles. The summed E-state index contributed by atoms with van der Waals surface area (Å²) >= 11 is 0. The normalized spacial score (nSPS) is 15.8. The van der Waals surface area contributed by atoms with E-state index in [9.17, 15) is 26.4 Å². The molecule has 1 fully saturated rings. The summed E-state index contributed by atoms with van der Waals surface area (Å²) in [6, 6.07) is 10.8. The van der Waals surface area contributed by atoms with Crippen molar-refractivity contribution in [3.63, 3.8) is 0 Å². The summed E-state index contributed by atoms with van der Waals surface area (Å²) in [5.41, 5.74) is 0.0972. The Labute approximate surface area is 186 Å². The molecule has 0 radical (unpaired) electrons. The van der Waals surface area contributed by atoms with Crippen molar-refractivity contribution in [2.45, 2.75) is 42.9 Å². The van der Waals surface area contributed by atoms with E-state index in [-0.39, 0.29) is 23.4 Å². The van der Waals surface area contributed by atoms with Gasteiger partial charge < -0.3 is 5.32 Å². The number of hydrogen-bond acceptors (Lipinski definition) is 4. The third-order valence-electron chi connectivity index (χ3n) is 5.43. The van der Waals surface area contributed by atoms with Gasteiger partial charge in [0.25, 0.3) is 0 Å². The summed E-state index contributed by atoms with van der Waals surface area (Å²) in [6.45, 7) is 1.76. The number of rotatable bonds is 8. The second kappa shape index (κ2) is 9.21. The van der Waals surface area contributed by atoms with Gasteiger partial charge in [-0.15, -0.1) is 0 Å². The average Bonchev–Trinajstić information content (AvgIpc) is 3.56. The van der Waals surface area contributed by atoms with Crippen molar-refractivity contribution < 1.29 is 26.4 Å². The van der Waals surface area contributed by atoms with Gasteiger partial charge in [-0.25, -0.2) is 12.7 Å². The van der Waals surface area contributed by atoms with E-state index >= 15 is 0 Å². The molecule has 0 bridgehead atoms. The van der Waals surface area contributed by atoms with Gasteiger partial charge in [-0.2, -0.15) is 13.2 Å². The number of amides is 1. The Bertz CT molecular complexity index is 1080. The van der Waals surface area contributed by atoms with Crippen LogP contribution in [0.2, 0.25) is 0 Å². The lowest BCUT2D eigenvalue weighted by atomic mass is 10.0. The quantitative estimate of drug-likeness (QED) is 0.632. The zero-order valence-corrected chi connectivity index (χ0v) is 18.9. The van der Waals surface area contributed by atoms with Crippen LogP contribution in [-0.4, -0.2) is 50.2 Å². The highest BCUT2D eigenvalue weighted by Gasteiger charge is 2.35. The van der Waals surface area contributed by atoms with Gasteiger partial charge in [0, 0.05) is 31.9 Å². The highest BCUT2D eigenvalue weighted by Crippen LogP contribution is 2.36. The van der Waals surface area contributed by atoms with Crippen molar-refractivity contribution >= 4 is 21.6 Å². The van der Waals surface area contributed by atoms with Gasteiger partial charge in [0.1, 0.15) is 0 Å². The second-order valence-electron chi connectivity index (χ2n) is 8.07. The first-order valence-electron chi connectivity index (χ1n) is 10.1. The zero-order valence-electron chi connectivity index (χ0n) is 18.1. The summed E-state index contributed by atoms with van der Waals surface area (Å²) in [5, 5.41) is 2.70. The number of carbonyl (C=O) groups is 1. The molecule has 0 unspecified atom stereocenters. The molecule has 32 heavy (non-hydrogen) atoms. The molecule has 1 amide bonds. The molecule has 1 aliphatic rings. The number of nitrogens with zero attached hydrogens (tertiary/aromatic N) is 2. The van der Waals surface area contributed by atoms with Gasteiger partial charge in [-0.3, -0.25) is 9.69 Å². The van der Waals surface area contributed by atoms with E-state index in [0.717, 1.165) is 29.3 Å². The van der Waals surface area contributed by atoms with E-state index in [1.165, 1.54) is 38.4 Å². The number of anilines is 1. The van der Waals surface area contributed by atoms with E-state index in [1.807, 2.05) is 4.90 Å². The molecule has 1 N–H and O–H groups in total. The van der Waals surface area contributed by atoms with Crippen molar-refractivity contribution in [1.29, 1.82) is 0 Å². The molecular formula is C22H26F3N3O3S. The minimum Gasteiger partial charge on any atom is -0.325 e. The molecule has 0 aromatic heterocycles. The standard InChI is InChI=1S/C22H26F3N3O3S/c1-15(16-6-4-7-17(12-16)22(23,24)25)28(19-10-11-19)14-21(29)26-18-8-5-9-20(13-18)32(30,31)27(2)3/h4-9,12-13,15,19H,10-11,14H2,1-3H3,(H,26,29)/t15-/m0/s1. The largest absolute Gasteiger partial charge is 0.416 e. The third kappa shape index (κ3) is 5.67. The van der Waals surface area contributed by atoms with Crippen molar-refractivity contribution in [1.82, 2.24) is 9.21 Å². The molecule has 174 valence electrons. The van der Waals surface area contributed by atoms with Crippen LogP contribution in [0, 0.1) is 0 Å². The molecule has 1 aliphatic carbocycles. The van der Waals surface area contributed by atoms with Crippen LogP contribution in [0.4, 0.5) is 18.9 Å². The number of halogens is 3. The highest BCUT2D eigenvalue weighted by atomic mass is 32.2. The SMILES string of the molecule is C[C@@H](c1cccc(C(F)(F)F)c1)N(CC(=O)Nc1cccc(S(=O)(=O)N(C)C)c1)C1CC1. The number of benzene rings is 2. The topological polar surface area (TPSA) is 69.7 Å². The fraction of sp³-hybridized carbons (Fsp3) is 0.409. The molecule has 0 heterocycles. The molecular weight excluding hydrogens is 443 g/mol. The van der Waals surface area contributed by atoms with E-state index in [1.54, 1.807) is 19.1 Å². The Hall–Kier alpha value is -2.43. The maximum absolute atomic E-state index is 13.1. The number of hydrogen-bond donors (Lipinski definition) is 1. The summed E-state index contributed by atoms with van der Waals surface area (Å²) in [5.74, 6) is -0.366. The van der Waals surface area contributed by atoms with E-state index in [2.05, 4.69) is 5.32 Å². The van der Waals surface area contributed by atoms with Gasteiger partial charge in [0.2, 0.25) is 15.9 Å². The van der Waals surface area contributed by atoms with Crippen molar-refractivity contribution in [2.75, 3.05) is 26.0 Å². The first-order valence-corrected chi connectivity index (χ1v) is 11.6. The van der Waals surface area contributed by atoms with Crippen LogP contribution in [0.5, 0.6) is 0 Å². The minimum absolute atomic E-state index is 0.0211. The van der Waals surface area contributed by atoms with Crippen LogP contribution in [-0.2, 0) is 21.0 Å². The summed E-state index contributed by atoms with van der Waals surface area (Å²) in [4.78, 5) is 14.7. The van der Waals surface area contributed by atoms with Crippen LogP contribution in [0.1, 0.15) is 36.9 Å². The monoisotopic (exact) mass is 469 g/mol. The van der Waals surface area contributed by atoms with Crippen molar-refractivity contribution in [3.8, 4) is 0 Å². The van der Waals surface area contributed by atoms with Crippen LogP contribution in [0.25, 0.3) is 0 Å². The van der Waals surface area contributed by atoms with Gasteiger partial charge >= 0.3 is 6.18 Å². The maximum Gasteiger partial charge on any atom is 0.416 e. The van der Waals surface area contributed by atoms with Gasteiger partial charge in [0.15, 0.2) is 0 Å². The van der Waals surface area contributed by atoms with E-state index in [4.69, 9.17) is 0 Å². The average molecular weight is 470 g/mol. The lowest BCUT2D eigenvalue weighted by Gasteiger charge is -2.29. The Morgan fingerprint density at radius 1 is 1.12 bits per heavy atom. The Balaban J connectivity index is 1.75. The number of carbonyl (C=O) groups excluding carboxylic acids is 1. The number of sulfonamides is 1. The Morgan fingerprint density at radius 3 is 2.38 bits per heavy atom. The van der Waals surface area contributed by atoms with Crippen LogP contribution >= 0.6 is 0 Å². The summed E-state index contributed by atoms with van der Waals surface area (Å²) < 4.78 is 65.0. The van der Waals surface area contributed by atoms with Crippen molar-refractivity contribution in [3.05, 3.63) is 59.7 Å². The van der Waals surface area contributed by atoms with Gasteiger partial charge in [0.05, 0.1) is 17.0 Å². The van der Waals surface area contributed by atoms with E-state index < -0.39 is 27.8 Å². The van der Waals surface area contributed by atoms with Crippen LogP contribution in [0.15, 0.2) is 53.4 Å². The molecule has 3 rings (SSSR count). The Kier molecular flexibility index (Phi) is 6.97. The second-order valence-corrected chi connectivity index (χ2v) is 10.2. The fourth-order valence-electron chi connectivity index (χ4n) is 3.47. The molecule has 10 heteroatoms. The molecule has 0 spiro atoms. The fourth-order valence-corrected chi connectivity index (χ4v) is 4.41. The molecule has 1 saturated carbocycles. The molecule has 0 aliphatic heterocycles. The molecule has 6 nitrogen and oxygen atoms in total. The number of alkyl halides is 3. The highest BCUT2D eigenvalue weighted by molar-refractivity contribution is 7.89. The van der Waals surface area contributed by atoms with E-state index in [0.29, 0.717) is 11.3 Å². The molecule has 2 aromatic carbocycles. The first-order chi connectivity index (χ1) is 14.9. The van der Waals surface area contributed by atoms with Crippen molar-refractivity contribution in [2.24, 2.45) is 0 Å². The molecule has 1 atom stereocenters. The predicted molar refractivity (Wildman–Crippen MR) is 116 cm³/mol. The van der Waals surface area contributed by atoms with Crippen LogP contribution < -0.4 is 5.32 Å². The molecule has 2 aromatic rings. The number of nitrogens with one attached hydrogen (secondary N) is 1.